The molecule has 0 aliphatic heterocycles. The van der Waals surface area contributed by atoms with Crippen LogP contribution >= 0.6 is 0 Å². The number of nitro groups is 1. The third-order valence-electron chi connectivity index (χ3n) is 4.10. The van der Waals surface area contributed by atoms with Crippen molar-refractivity contribution in [1.82, 2.24) is 4.90 Å². The van der Waals surface area contributed by atoms with Crippen molar-refractivity contribution in [2.75, 3.05) is 6.54 Å². The first-order chi connectivity index (χ1) is 13.8. The smallest absolute Gasteiger partial charge is 0.326 e. The number of non-ortho nitro benzene ring substituents is 1. The SMILES string of the molecule is CC(=O)N(CC(=O)OCc1ccccc1)C(=O)[C@@H](N)Cc1ccc([N+](=O)[O-])cc1. The molecule has 2 N–H and O–H groups in total. The zero-order valence-corrected chi connectivity index (χ0v) is 15.8. The lowest BCUT2D eigenvalue weighted by Gasteiger charge is -2.22. The summed E-state index contributed by atoms with van der Waals surface area (Å²) in [5.74, 6) is -2.10. The van der Waals surface area contributed by atoms with Crippen LogP contribution in [0.2, 0.25) is 0 Å². The number of rotatable bonds is 8. The van der Waals surface area contributed by atoms with E-state index < -0.39 is 35.3 Å². The van der Waals surface area contributed by atoms with Crippen LogP contribution in [0, 0.1) is 10.1 Å². The highest BCUT2D eigenvalue weighted by Gasteiger charge is 2.27. The number of nitro benzene ring substituents is 1. The molecule has 2 amide bonds. The zero-order chi connectivity index (χ0) is 21.4. The fraction of sp³-hybridized carbons (Fsp3) is 0.250. The Kier molecular flexibility index (Phi) is 7.55. The number of hydrogen-bond donors (Lipinski definition) is 1. The number of nitrogens with two attached hydrogens (primary N) is 1. The monoisotopic (exact) mass is 399 g/mol. The van der Waals surface area contributed by atoms with Crippen LogP contribution in [0.15, 0.2) is 54.6 Å². The maximum atomic E-state index is 12.5. The third-order valence-corrected chi connectivity index (χ3v) is 4.10. The van der Waals surface area contributed by atoms with Crippen LogP contribution in [0.1, 0.15) is 18.1 Å². The molecule has 29 heavy (non-hydrogen) atoms. The molecule has 2 aromatic carbocycles. The standard InChI is InChI=1S/C20H21N3O6/c1-14(24)22(12-19(25)29-13-16-5-3-2-4-6-16)20(26)18(21)11-15-7-9-17(10-8-15)23(27)28/h2-10,18H,11-13,21H2,1H3/t18-/m0/s1. The van der Waals surface area contributed by atoms with Gasteiger partial charge in [-0.3, -0.25) is 29.4 Å². The Morgan fingerprint density at radius 1 is 1.07 bits per heavy atom. The highest BCUT2D eigenvalue weighted by molar-refractivity contribution is 5.99. The highest BCUT2D eigenvalue weighted by atomic mass is 16.6. The van der Waals surface area contributed by atoms with E-state index in [0.29, 0.717) is 5.56 Å². The summed E-state index contributed by atoms with van der Waals surface area (Å²) in [6.07, 6.45) is 0.0552. The van der Waals surface area contributed by atoms with Gasteiger partial charge in [0.2, 0.25) is 11.8 Å². The van der Waals surface area contributed by atoms with Gasteiger partial charge in [0.25, 0.3) is 5.69 Å². The Balaban J connectivity index is 1.95. The molecule has 1 atom stereocenters. The summed E-state index contributed by atoms with van der Waals surface area (Å²) in [7, 11) is 0. The third kappa shape index (κ3) is 6.51. The topological polar surface area (TPSA) is 133 Å². The molecule has 0 saturated heterocycles. The van der Waals surface area contributed by atoms with Crippen molar-refractivity contribution in [3.05, 3.63) is 75.8 Å². The number of carbonyl (C=O) groups is 3. The molecule has 9 nitrogen and oxygen atoms in total. The lowest BCUT2D eigenvalue weighted by molar-refractivity contribution is -0.384. The number of hydrogen-bond acceptors (Lipinski definition) is 7. The van der Waals surface area contributed by atoms with Gasteiger partial charge in [0.1, 0.15) is 13.2 Å². The Bertz CT molecular complexity index is 883. The van der Waals surface area contributed by atoms with E-state index in [1.54, 1.807) is 24.3 Å². The molecule has 0 bridgehead atoms. The van der Waals surface area contributed by atoms with E-state index >= 15 is 0 Å². The number of esters is 1. The Hall–Kier alpha value is -3.59. The van der Waals surface area contributed by atoms with Crippen molar-refractivity contribution < 1.29 is 24.0 Å². The van der Waals surface area contributed by atoms with Gasteiger partial charge in [0.15, 0.2) is 0 Å². The summed E-state index contributed by atoms with van der Waals surface area (Å²) < 4.78 is 5.10. The van der Waals surface area contributed by atoms with E-state index in [-0.39, 0.29) is 18.7 Å². The van der Waals surface area contributed by atoms with Gasteiger partial charge >= 0.3 is 5.97 Å². The first-order valence-corrected chi connectivity index (χ1v) is 8.78. The van der Waals surface area contributed by atoms with Gasteiger partial charge in [-0.15, -0.1) is 0 Å². The largest absolute Gasteiger partial charge is 0.459 e. The molecule has 0 fully saturated rings. The van der Waals surface area contributed by atoms with Crippen molar-refractivity contribution in [3.63, 3.8) is 0 Å². The van der Waals surface area contributed by atoms with Crippen LogP contribution in [0.4, 0.5) is 5.69 Å². The summed E-state index contributed by atoms with van der Waals surface area (Å²) in [6, 6.07) is 13.5. The van der Waals surface area contributed by atoms with Crippen LogP contribution in [-0.2, 0) is 32.1 Å². The Labute approximate surface area is 167 Å². The summed E-state index contributed by atoms with van der Waals surface area (Å²) >= 11 is 0. The minimum absolute atomic E-state index is 0.0223. The predicted octanol–water partition coefficient (Wildman–Crippen LogP) is 1.58. The summed E-state index contributed by atoms with van der Waals surface area (Å²) in [6.45, 7) is 0.629. The maximum absolute atomic E-state index is 12.5. The van der Waals surface area contributed by atoms with E-state index in [4.69, 9.17) is 10.5 Å². The first kappa shape index (κ1) is 21.7. The number of benzene rings is 2. The quantitative estimate of drug-likeness (QED) is 0.405. The van der Waals surface area contributed by atoms with E-state index in [1.165, 1.54) is 24.3 Å². The summed E-state index contributed by atoms with van der Waals surface area (Å²) in [5, 5.41) is 10.7. The molecule has 0 spiro atoms. The molecule has 0 aliphatic carbocycles. The lowest BCUT2D eigenvalue weighted by atomic mass is 10.1. The van der Waals surface area contributed by atoms with Crippen LogP contribution in [0.25, 0.3) is 0 Å². The van der Waals surface area contributed by atoms with E-state index in [1.807, 2.05) is 6.07 Å². The zero-order valence-electron chi connectivity index (χ0n) is 15.8. The summed E-state index contributed by atoms with van der Waals surface area (Å²) in [5.41, 5.74) is 7.18. The molecule has 2 rings (SSSR count). The number of imide groups is 1. The molecule has 2 aromatic rings. The van der Waals surface area contributed by atoms with Crippen molar-refractivity contribution in [2.24, 2.45) is 5.73 Å². The van der Waals surface area contributed by atoms with Gasteiger partial charge < -0.3 is 10.5 Å². The first-order valence-electron chi connectivity index (χ1n) is 8.78. The minimum Gasteiger partial charge on any atom is -0.459 e. The molecule has 9 heteroatoms. The average Bonchev–Trinajstić information content (AvgIpc) is 2.71. The van der Waals surface area contributed by atoms with Gasteiger partial charge in [0.05, 0.1) is 11.0 Å². The molecule has 0 heterocycles. The maximum Gasteiger partial charge on any atom is 0.326 e. The molecule has 0 saturated carbocycles. The fourth-order valence-corrected chi connectivity index (χ4v) is 2.55. The second-order valence-electron chi connectivity index (χ2n) is 6.32. The Morgan fingerprint density at radius 2 is 1.69 bits per heavy atom. The molecule has 0 aromatic heterocycles. The molecule has 0 radical (unpaired) electrons. The summed E-state index contributed by atoms with van der Waals surface area (Å²) in [4.78, 5) is 47.3. The minimum atomic E-state index is -1.10. The van der Waals surface area contributed by atoms with Gasteiger partial charge in [-0.2, -0.15) is 0 Å². The van der Waals surface area contributed by atoms with Crippen molar-refractivity contribution in [3.8, 4) is 0 Å². The van der Waals surface area contributed by atoms with E-state index in [2.05, 4.69) is 0 Å². The van der Waals surface area contributed by atoms with Crippen molar-refractivity contribution in [2.45, 2.75) is 26.0 Å². The lowest BCUT2D eigenvalue weighted by Crippen LogP contribution is -2.49. The van der Waals surface area contributed by atoms with Crippen LogP contribution in [0.3, 0.4) is 0 Å². The number of amides is 2. The van der Waals surface area contributed by atoms with E-state index in [9.17, 15) is 24.5 Å². The number of nitrogens with zero attached hydrogens (tertiary/aromatic N) is 2. The second kappa shape index (κ2) is 10.1. The van der Waals surface area contributed by atoms with Crippen LogP contribution in [0.5, 0.6) is 0 Å². The van der Waals surface area contributed by atoms with Gasteiger partial charge in [-0.25, -0.2) is 0 Å². The average molecular weight is 399 g/mol. The molecular weight excluding hydrogens is 378 g/mol. The molecule has 0 unspecified atom stereocenters. The van der Waals surface area contributed by atoms with Crippen molar-refractivity contribution >= 4 is 23.5 Å². The Morgan fingerprint density at radius 3 is 2.24 bits per heavy atom. The predicted molar refractivity (Wildman–Crippen MR) is 103 cm³/mol. The molecule has 0 aliphatic rings. The van der Waals surface area contributed by atoms with Crippen molar-refractivity contribution in [1.29, 1.82) is 0 Å². The number of ether oxygens (including phenoxy) is 1. The normalized spacial score (nSPS) is 11.4. The number of carbonyl (C=O) groups excluding carboxylic acids is 3. The highest BCUT2D eigenvalue weighted by Crippen LogP contribution is 2.13. The van der Waals surface area contributed by atoms with E-state index in [0.717, 1.165) is 17.4 Å². The van der Waals surface area contributed by atoms with Gasteiger partial charge in [0, 0.05) is 19.1 Å². The second-order valence-corrected chi connectivity index (χ2v) is 6.32. The van der Waals surface area contributed by atoms with Crippen LogP contribution in [-0.4, -0.2) is 40.2 Å². The van der Waals surface area contributed by atoms with Gasteiger partial charge in [-0.1, -0.05) is 42.5 Å². The molecule has 152 valence electrons. The molecular formula is C20H21N3O6. The fourth-order valence-electron chi connectivity index (χ4n) is 2.55. The van der Waals surface area contributed by atoms with Crippen LogP contribution < -0.4 is 5.73 Å². The van der Waals surface area contributed by atoms with Gasteiger partial charge in [-0.05, 0) is 17.5 Å².